The van der Waals surface area contributed by atoms with E-state index in [1.165, 1.54) is 38.6 Å². The van der Waals surface area contributed by atoms with Gasteiger partial charge in [0.15, 0.2) is 5.11 Å². The van der Waals surface area contributed by atoms with Gasteiger partial charge in [0.1, 0.15) is 0 Å². The standard InChI is InChI=1S/C13H25N3S/c1-10-5-3-4-8-16(10)11(2)9-14-13(17)15-12-6-7-12/h10-12H,3-9H2,1-2H3,(H2,14,15,17)/t10-,11-/m1/s1. The molecule has 1 saturated heterocycles. The molecule has 0 unspecified atom stereocenters. The van der Waals surface area contributed by atoms with Crippen LogP contribution in [-0.4, -0.2) is 41.2 Å². The van der Waals surface area contributed by atoms with Crippen LogP contribution in [0.3, 0.4) is 0 Å². The first-order chi connectivity index (χ1) is 8.16. The SMILES string of the molecule is C[C@@H]1CCCCN1[C@H](C)CNC(=S)NC1CC1. The molecule has 1 aliphatic carbocycles. The molecule has 2 atom stereocenters. The summed E-state index contributed by atoms with van der Waals surface area (Å²) in [4.78, 5) is 2.61. The van der Waals surface area contributed by atoms with Crippen LogP contribution in [0.2, 0.25) is 0 Å². The highest BCUT2D eigenvalue weighted by Gasteiger charge is 2.24. The minimum atomic E-state index is 0.573. The van der Waals surface area contributed by atoms with E-state index in [1.54, 1.807) is 0 Å². The van der Waals surface area contributed by atoms with Gasteiger partial charge in [0, 0.05) is 24.7 Å². The van der Waals surface area contributed by atoms with E-state index in [4.69, 9.17) is 12.2 Å². The van der Waals surface area contributed by atoms with Crippen molar-refractivity contribution < 1.29 is 0 Å². The first kappa shape index (κ1) is 13.1. The molecule has 1 aliphatic heterocycles. The molecule has 17 heavy (non-hydrogen) atoms. The van der Waals surface area contributed by atoms with Crippen molar-refractivity contribution in [1.82, 2.24) is 15.5 Å². The van der Waals surface area contributed by atoms with Crippen molar-refractivity contribution in [2.45, 2.75) is 64.1 Å². The van der Waals surface area contributed by atoms with Gasteiger partial charge in [-0.15, -0.1) is 0 Å². The van der Waals surface area contributed by atoms with E-state index in [0.717, 1.165) is 17.7 Å². The first-order valence-electron chi connectivity index (χ1n) is 6.97. The Hall–Kier alpha value is -0.350. The van der Waals surface area contributed by atoms with Crippen molar-refractivity contribution in [2.75, 3.05) is 13.1 Å². The van der Waals surface area contributed by atoms with Crippen LogP contribution in [0.5, 0.6) is 0 Å². The molecule has 2 N–H and O–H groups in total. The first-order valence-corrected chi connectivity index (χ1v) is 7.37. The highest BCUT2D eigenvalue weighted by Crippen LogP contribution is 2.19. The monoisotopic (exact) mass is 255 g/mol. The second kappa shape index (κ2) is 6.01. The van der Waals surface area contributed by atoms with Gasteiger partial charge >= 0.3 is 0 Å². The minimum Gasteiger partial charge on any atom is -0.361 e. The highest BCUT2D eigenvalue weighted by atomic mass is 32.1. The van der Waals surface area contributed by atoms with Gasteiger partial charge in [-0.1, -0.05) is 6.42 Å². The summed E-state index contributed by atoms with van der Waals surface area (Å²) in [6.07, 6.45) is 6.63. The molecule has 98 valence electrons. The molecule has 0 radical (unpaired) electrons. The number of nitrogens with one attached hydrogen (secondary N) is 2. The van der Waals surface area contributed by atoms with E-state index in [-0.39, 0.29) is 0 Å². The van der Waals surface area contributed by atoms with Crippen molar-refractivity contribution in [2.24, 2.45) is 0 Å². The minimum absolute atomic E-state index is 0.573. The molecule has 0 aromatic carbocycles. The van der Waals surface area contributed by atoms with Crippen molar-refractivity contribution in [3.63, 3.8) is 0 Å². The van der Waals surface area contributed by atoms with Crippen LogP contribution >= 0.6 is 12.2 Å². The molecule has 1 saturated carbocycles. The van der Waals surface area contributed by atoms with Crippen LogP contribution in [0.1, 0.15) is 46.0 Å². The van der Waals surface area contributed by atoms with E-state index in [1.807, 2.05) is 0 Å². The van der Waals surface area contributed by atoms with Crippen LogP contribution in [0.25, 0.3) is 0 Å². The smallest absolute Gasteiger partial charge is 0.166 e. The Labute approximate surface area is 110 Å². The third-order valence-corrected chi connectivity index (χ3v) is 4.15. The maximum atomic E-state index is 5.28. The van der Waals surface area contributed by atoms with Gasteiger partial charge in [-0.05, 0) is 58.3 Å². The summed E-state index contributed by atoms with van der Waals surface area (Å²) >= 11 is 5.28. The lowest BCUT2D eigenvalue weighted by atomic mass is 10.0. The maximum Gasteiger partial charge on any atom is 0.166 e. The second-order valence-electron chi connectivity index (χ2n) is 5.56. The van der Waals surface area contributed by atoms with Crippen molar-refractivity contribution in [3.8, 4) is 0 Å². The van der Waals surface area contributed by atoms with Gasteiger partial charge in [-0.3, -0.25) is 4.90 Å². The summed E-state index contributed by atoms with van der Waals surface area (Å²) < 4.78 is 0. The average molecular weight is 255 g/mol. The molecule has 3 nitrogen and oxygen atoms in total. The zero-order valence-corrected chi connectivity index (χ0v) is 11.9. The van der Waals surface area contributed by atoms with Gasteiger partial charge < -0.3 is 10.6 Å². The summed E-state index contributed by atoms with van der Waals surface area (Å²) in [5, 5.41) is 7.51. The summed E-state index contributed by atoms with van der Waals surface area (Å²) in [5.74, 6) is 0. The Morgan fingerprint density at radius 2 is 2.12 bits per heavy atom. The van der Waals surface area contributed by atoms with Gasteiger partial charge in [0.2, 0.25) is 0 Å². The number of piperidine rings is 1. The average Bonchev–Trinajstić information content (AvgIpc) is 3.10. The normalized spacial score (nSPS) is 27.5. The highest BCUT2D eigenvalue weighted by molar-refractivity contribution is 7.80. The van der Waals surface area contributed by atoms with Crippen molar-refractivity contribution in [1.29, 1.82) is 0 Å². The predicted molar refractivity (Wildman–Crippen MR) is 76.2 cm³/mol. The lowest BCUT2D eigenvalue weighted by molar-refractivity contribution is 0.116. The van der Waals surface area contributed by atoms with Crippen LogP contribution in [0.15, 0.2) is 0 Å². The zero-order chi connectivity index (χ0) is 12.3. The van der Waals surface area contributed by atoms with E-state index in [9.17, 15) is 0 Å². The van der Waals surface area contributed by atoms with Gasteiger partial charge in [0.25, 0.3) is 0 Å². The number of hydrogen-bond acceptors (Lipinski definition) is 2. The number of thiocarbonyl (C=S) groups is 1. The molecule has 0 bridgehead atoms. The number of rotatable bonds is 4. The Bertz CT molecular complexity index is 265. The maximum absolute atomic E-state index is 5.28. The van der Waals surface area contributed by atoms with E-state index >= 15 is 0 Å². The summed E-state index contributed by atoms with van der Waals surface area (Å²) in [7, 11) is 0. The molecule has 0 aromatic heterocycles. The number of nitrogens with zero attached hydrogens (tertiary/aromatic N) is 1. The summed E-state index contributed by atoms with van der Waals surface area (Å²) in [6.45, 7) is 6.85. The molecule has 4 heteroatoms. The van der Waals surface area contributed by atoms with Gasteiger partial charge in [-0.2, -0.15) is 0 Å². The molecule has 1 heterocycles. The summed E-state index contributed by atoms with van der Waals surface area (Å²) in [5.41, 5.74) is 0. The fraction of sp³-hybridized carbons (Fsp3) is 0.923. The van der Waals surface area contributed by atoms with E-state index in [2.05, 4.69) is 29.4 Å². The second-order valence-corrected chi connectivity index (χ2v) is 5.97. The van der Waals surface area contributed by atoms with Crippen molar-refractivity contribution in [3.05, 3.63) is 0 Å². The molecule has 0 aromatic rings. The molecule has 0 spiro atoms. The van der Waals surface area contributed by atoms with Crippen LogP contribution in [0, 0.1) is 0 Å². The Balaban J connectivity index is 1.67. The van der Waals surface area contributed by atoms with Crippen molar-refractivity contribution >= 4 is 17.3 Å². The van der Waals surface area contributed by atoms with E-state index in [0.29, 0.717) is 12.1 Å². The molecule has 0 amide bonds. The number of likely N-dealkylation sites (tertiary alicyclic amines) is 1. The van der Waals surface area contributed by atoms with E-state index < -0.39 is 0 Å². The molecule has 2 aliphatic rings. The lowest BCUT2D eigenvalue weighted by Gasteiger charge is -2.38. The fourth-order valence-corrected chi connectivity index (χ4v) is 2.85. The Kier molecular flexibility index (Phi) is 4.62. The molecule has 2 fully saturated rings. The topological polar surface area (TPSA) is 27.3 Å². The van der Waals surface area contributed by atoms with Gasteiger partial charge in [0.05, 0.1) is 0 Å². The largest absolute Gasteiger partial charge is 0.361 e. The van der Waals surface area contributed by atoms with Gasteiger partial charge in [-0.25, -0.2) is 0 Å². The fourth-order valence-electron chi connectivity index (χ4n) is 2.60. The Morgan fingerprint density at radius 3 is 2.76 bits per heavy atom. The lowest BCUT2D eigenvalue weighted by Crippen LogP contribution is -2.50. The van der Waals surface area contributed by atoms with Crippen LogP contribution < -0.4 is 10.6 Å². The van der Waals surface area contributed by atoms with Crippen LogP contribution in [0.4, 0.5) is 0 Å². The third kappa shape index (κ3) is 4.11. The third-order valence-electron chi connectivity index (χ3n) is 3.89. The predicted octanol–water partition coefficient (Wildman–Crippen LogP) is 1.88. The number of hydrogen-bond donors (Lipinski definition) is 2. The van der Waals surface area contributed by atoms with Crippen LogP contribution in [-0.2, 0) is 0 Å². The summed E-state index contributed by atoms with van der Waals surface area (Å²) in [6, 6.07) is 1.95. The Morgan fingerprint density at radius 1 is 1.35 bits per heavy atom. The molecule has 2 rings (SSSR count). The zero-order valence-electron chi connectivity index (χ0n) is 11.0. The molecular formula is C13H25N3S. The quantitative estimate of drug-likeness (QED) is 0.750. The molecular weight excluding hydrogens is 230 g/mol.